The second kappa shape index (κ2) is 6.14. The summed E-state index contributed by atoms with van der Waals surface area (Å²) in [5.41, 5.74) is 0.733. The largest absolute Gasteiger partial charge is 0.287 e. The molecule has 0 N–H and O–H groups in total. The van der Waals surface area contributed by atoms with Gasteiger partial charge in [-0.05, 0) is 38.1 Å². The van der Waals surface area contributed by atoms with Crippen LogP contribution in [0.25, 0.3) is 60.2 Å². The lowest BCUT2D eigenvalue weighted by atomic mass is 10.3. The van der Waals surface area contributed by atoms with Crippen LogP contribution in [-0.4, -0.2) is 9.97 Å². The molecule has 31 heavy (non-hydrogen) atoms. The molecular weight excluding hydrogens is 485 g/mol. The summed E-state index contributed by atoms with van der Waals surface area (Å²) in [5.74, 6) is 0. The van der Waals surface area contributed by atoms with E-state index in [4.69, 9.17) is 4.98 Å². The van der Waals surface area contributed by atoms with Gasteiger partial charge in [0.2, 0.25) is 10.9 Å². The van der Waals surface area contributed by atoms with Crippen molar-refractivity contribution in [1.29, 1.82) is 0 Å². The molecule has 7 rings (SSSR count). The lowest BCUT2D eigenvalue weighted by Gasteiger charge is -1.89. The van der Waals surface area contributed by atoms with E-state index in [0.29, 0.717) is 21.8 Å². The van der Waals surface area contributed by atoms with Gasteiger partial charge in [0.25, 0.3) is 0 Å². The number of aromatic nitrogens is 2. The van der Waals surface area contributed by atoms with Gasteiger partial charge in [-0.2, -0.15) is 0 Å². The number of hydrogen-bond donors (Lipinski definition) is 0. The number of aryl methyl sites for hydroxylation is 2. The second-order valence-corrected chi connectivity index (χ2v) is 12.9. The van der Waals surface area contributed by atoms with Crippen molar-refractivity contribution in [3.05, 3.63) is 54.6 Å². The fraction of sp³-hybridized carbons (Fsp3) is 0.0909. The molecule has 7 aromatic rings. The molecule has 0 saturated carbocycles. The first-order chi connectivity index (χ1) is 15.0. The maximum absolute atomic E-state index is 13.3. The number of hydrogen-bond acceptors (Lipinski definition) is 9. The summed E-state index contributed by atoms with van der Waals surface area (Å²) in [5, 5.41) is 2.81. The quantitative estimate of drug-likeness (QED) is 0.261. The zero-order valence-corrected chi connectivity index (χ0v) is 20.1. The predicted molar refractivity (Wildman–Crippen MR) is 137 cm³/mol. The van der Waals surface area contributed by atoms with Crippen LogP contribution in [0.15, 0.2) is 33.9 Å². The average Bonchev–Trinajstić information content (AvgIpc) is 3.54. The van der Waals surface area contributed by atoms with Gasteiger partial charge in [0.15, 0.2) is 0 Å². The van der Waals surface area contributed by atoms with Crippen molar-refractivity contribution in [2.75, 3.05) is 0 Å². The molecule has 0 unspecified atom stereocenters. The minimum absolute atomic E-state index is 0.121. The van der Waals surface area contributed by atoms with E-state index >= 15 is 0 Å². The zero-order chi connectivity index (χ0) is 21.0. The molecule has 0 aliphatic carbocycles. The number of thiazole rings is 2. The first kappa shape index (κ1) is 18.3. The van der Waals surface area contributed by atoms with Crippen LogP contribution >= 0.6 is 56.7 Å². The molecule has 4 nitrogen and oxygen atoms in total. The Kier molecular flexibility index (Phi) is 3.62. The third-order valence-corrected chi connectivity index (χ3v) is 11.4. The maximum Gasteiger partial charge on any atom is 0.215 e. The van der Waals surface area contributed by atoms with Crippen LogP contribution in [0.5, 0.6) is 0 Å². The van der Waals surface area contributed by atoms with E-state index < -0.39 is 0 Å². The summed E-state index contributed by atoms with van der Waals surface area (Å²) in [6.07, 6.45) is 0. The predicted octanol–water partition coefficient (Wildman–Crippen LogP) is 6.94. The highest BCUT2D eigenvalue weighted by molar-refractivity contribution is 7.35. The molecule has 0 spiro atoms. The fourth-order valence-electron chi connectivity index (χ4n) is 4.04. The fourth-order valence-corrected chi connectivity index (χ4v) is 9.61. The van der Waals surface area contributed by atoms with Crippen molar-refractivity contribution < 1.29 is 0 Å². The van der Waals surface area contributed by atoms with Crippen molar-refractivity contribution in [2.45, 2.75) is 13.8 Å². The monoisotopic (exact) mass is 494 g/mol. The van der Waals surface area contributed by atoms with Gasteiger partial charge in [-0.3, -0.25) is 9.59 Å². The SMILES string of the molecule is Cc1ccc(-c2ccc(-c3nc4c(=O)c5c(sc6c7sc(C)nc7c(=O)c65)c4s3)s2)s1. The molecule has 150 valence electrons. The Morgan fingerprint density at radius 1 is 0.613 bits per heavy atom. The molecular formula is C22H10N2O2S5. The van der Waals surface area contributed by atoms with Gasteiger partial charge in [-0.1, -0.05) is 0 Å². The smallest absolute Gasteiger partial charge is 0.215 e. The Morgan fingerprint density at radius 2 is 1.23 bits per heavy atom. The van der Waals surface area contributed by atoms with E-state index in [-0.39, 0.29) is 10.9 Å². The topological polar surface area (TPSA) is 59.9 Å². The highest BCUT2D eigenvalue weighted by atomic mass is 32.1. The molecule has 0 bridgehead atoms. The van der Waals surface area contributed by atoms with E-state index in [0.717, 1.165) is 33.7 Å². The van der Waals surface area contributed by atoms with Gasteiger partial charge in [-0.25, -0.2) is 9.97 Å². The van der Waals surface area contributed by atoms with Gasteiger partial charge in [-0.15, -0.1) is 56.7 Å². The molecule has 0 amide bonds. The third kappa shape index (κ3) is 2.38. The average molecular weight is 495 g/mol. The third-order valence-electron chi connectivity index (χ3n) is 5.37. The highest BCUT2D eigenvalue weighted by Crippen LogP contribution is 2.46. The van der Waals surface area contributed by atoms with Crippen LogP contribution in [0.1, 0.15) is 9.88 Å². The van der Waals surface area contributed by atoms with Gasteiger partial charge in [0.1, 0.15) is 16.0 Å². The number of rotatable bonds is 2. The summed E-state index contributed by atoms with van der Waals surface area (Å²) in [7, 11) is 0. The molecule has 5 aromatic heterocycles. The van der Waals surface area contributed by atoms with Crippen LogP contribution in [0.2, 0.25) is 0 Å². The van der Waals surface area contributed by atoms with E-state index in [1.807, 2.05) is 6.92 Å². The summed E-state index contributed by atoms with van der Waals surface area (Å²) in [6.45, 7) is 4.01. The molecule has 0 saturated heterocycles. The number of fused-ring (bicyclic) bond motifs is 7. The maximum atomic E-state index is 13.3. The first-order valence-corrected chi connectivity index (χ1v) is 13.5. The van der Waals surface area contributed by atoms with Crippen molar-refractivity contribution >= 4 is 97.3 Å². The Morgan fingerprint density at radius 3 is 1.94 bits per heavy atom. The number of nitrogens with zero attached hydrogens (tertiary/aromatic N) is 2. The van der Waals surface area contributed by atoms with Crippen molar-refractivity contribution in [3.8, 4) is 19.6 Å². The van der Waals surface area contributed by atoms with E-state index in [1.165, 1.54) is 37.3 Å². The minimum atomic E-state index is -0.129. The zero-order valence-electron chi connectivity index (χ0n) is 16.1. The van der Waals surface area contributed by atoms with Gasteiger partial charge >= 0.3 is 0 Å². The van der Waals surface area contributed by atoms with Crippen LogP contribution in [-0.2, 0) is 0 Å². The van der Waals surface area contributed by atoms with Crippen LogP contribution in [0.4, 0.5) is 0 Å². The Balaban J connectivity index is 1.45. The summed E-state index contributed by atoms with van der Waals surface area (Å²) in [4.78, 5) is 40.1. The second-order valence-electron chi connectivity index (χ2n) is 7.35. The lowest BCUT2D eigenvalue weighted by molar-refractivity contribution is 1.34. The van der Waals surface area contributed by atoms with E-state index in [9.17, 15) is 9.59 Å². The normalized spacial score (nSPS) is 12.5. The molecule has 0 aliphatic rings. The summed E-state index contributed by atoms with van der Waals surface area (Å²) in [6, 6.07) is 8.48. The summed E-state index contributed by atoms with van der Waals surface area (Å²) >= 11 is 8.09. The molecule has 5 heterocycles. The van der Waals surface area contributed by atoms with Crippen molar-refractivity contribution in [2.24, 2.45) is 0 Å². The van der Waals surface area contributed by atoms with Crippen LogP contribution < -0.4 is 10.9 Å². The first-order valence-electron chi connectivity index (χ1n) is 9.42. The molecule has 0 atom stereocenters. The Hall–Kier alpha value is -2.30. The molecule has 2 aromatic carbocycles. The molecule has 0 radical (unpaired) electrons. The highest BCUT2D eigenvalue weighted by Gasteiger charge is 2.26. The van der Waals surface area contributed by atoms with Crippen LogP contribution in [0.3, 0.4) is 0 Å². The van der Waals surface area contributed by atoms with Crippen LogP contribution in [0, 0.1) is 13.8 Å². The Bertz CT molecular complexity index is 1920. The minimum Gasteiger partial charge on any atom is -0.287 e. The van der Waals surface area contributed by atoms with Gasteiger partial charge in [0.05, 0.1) is 39.5 Å². The standard InChI is InChI=1S/C22H10N2O2S5/c1-7-3-4-9(27-7)10-5-6-11(29-10)22-24-15-17(26)13-12-16(25)14-20(28-8(2)23-14)18(12)30-19(13)21(15)31-22/h3-6H,1-2H3. The molecule has 0 aliphatic heterocycles. The van der Waals surface area contributed by atoms with Gasteiger partial charge < -0.3 is 0 Å². The van der Waals surface area contributed by atoms with Crippen molar-refractivity contribution in [1.82, 2.24) is 9.97 Å². The lowest BCUT2D eigenvalue weighted by Crippen LogP contribution is -2.00. The van der Waals surface area contributed by atoms with E-state index in [2.05, 4.69) is 36.2 Å². The van der Waals surface area contributed by atoms with Gasteiger partial charge in [0, 0.05) is 14.6 Å². The molecule has 9 heteroatoms. The Labute approximate surface area is 194 Å². The summed E-state index contributed by atoms with van der Waals surface area (Å²) < 4.78 is 3.59. The molecule has 0 fully saturated rings. The van der Waals surface area contributed by atoms with E-state index in [1.54, 1.807) is 34.0 Å². The number of thiophene rings is 3. The van der Waals surface area contributed by atoms with Crippen molar-refractivity contribution in [3.63, 3.8) is 0 Å².